The van der Waals surface area contributed by atoms with Crippen LogP contribution >= 0.6 is 22.9 Å². The van der Waals surface area contributed by atoms with E-state index in [1.165, 1.54) is 24.3 Å². The summed E-state index contributed by atoms with van der Waals surface area (Å²) in [5.41, 5.74) is 1.31. The number of aromatic carboxylic acids is 1. The molecule has 0 atom stereocenters. The molecule has 0 aliphatic carbocycles. The lowest BCUT2D eigenvalue weighted by molar-refractivity contribution is 0.0699. The predicted molar refractivity (Wildman–Crippen MR) is 96.1 cm³/mol. The maximum atomic E-state index is 13.1. The highest BCUT2D eigenvalue weighted by atomic mass is 35.5. The molecule has 1 heterocycles. The van der Waals surface area contributed by atoms with Crippen molar-refractivity contribution in [3.8, 4) is 11.1 Å². The number of benzene rings is 2. The van der Waals surface area contributed by atoms with Crippen LogP contribution in [0.25, 0.3) is 11.1 Å². The molecule has 1 amide bonds. The predicted octanol–water partition coefficient (Wildman–Crippen LogP) is 5.16. The average Bonchev–Trinajstić information content (AvgIpc) is 3.00. The summed E-state index contributed by atoms with van der Waals surface area (Å²) in [5.74, 6) is -2.02. The van der Waals surface area contributed by atoms with Gasteiger partial charge >= 0.3 is 5.97 Å². The van der Waals surface area contributed by atoms with E-state index >= 15 is 0 Å². The molecule has 1 aromatic heterocycles. The summed E-state index contributed by atoms with van der Waals surface area (Å²) in [4.78, 5) is 24.0. The fourth-order valence-corrected chi connectivity index (χ4v) is 3.36. The number of nitrogens with one attached hydrogen (secondary N) is 1. The Hall–Kier alpha value is -2.70. The van der Waals surface area contributed by atoms with Crippen molar-refractivity contribution in [2.45, 2.75) is 0 Å². The Bertz CT molecular complexity index is 936. The molecule has 0 unspecified atom stereocenters. The average molecular weight is 376 g/mol. The molecule has 0 aliphatic heterocycles. The summed E-state index contributed by atoms with van der Waals surface area (Å²) in [6.07, 6.45) is 0. The van der Waals surface area contributed by atoms with Gasteiger partial charge in [0, 0.05) is 21.5 Å². The van der Waals surface area contributed by atoms with Gasteiger partial charge in [-0.05, 0) is 42.0 Å². The third kappa shape index (κ3) is 3.70. The molecule has 0 spiro atoms. The summed E-state index contributed by atoms with van der Waals surface area (Å²) in [6.45, 7) is 0. The first-order valence-corrected chi connectivity index (χ1v) is 8.39. The van der Waals surface area contributed by atoms with Crippen molar-refractivity contribution < 1.29 is 19.1 Å². The number of halogens is 2. The monoisotopic (exact) mass is 375 g/mol. The Labute approximate surface area is 151 Å². The molecule has 2 N–H and O–H groups in total. The number of hydrogen-bond donors (Lipinski definition) is 2. The fraction of sp³-hybridized carbons (Fsp3) is 0. The summed E-state index contributed by atoms with van der Waals surface area (Å²) < 4.78 is 13.1. The van der Waals surface area contributed by atoms with Crippen LogP contribution in [0.5, 0.6) is 0 Å². The Morgan fingerprint density at radius 1 is 1.04 bits per heavy atom. The molecule has 0 radical (unpaired) electrons. The van der Waals surface area contributed by atoms with Gasteiger partial charge in [0.2, 0.25) is 0 Å². The molecular weight excluding hydrogens is 365 g/mol. The summed E-state index contributed by atoms with van der Waals surface area (Å²) in [7, 11) is 0. The van der Waals surface area contributed by atoms with Crippen molar-refractivity contribution >= 4 is 39.8 Å². The van der Waals surface area contributed by atoms with Crippen molar-refractivity contribution in [2.75, 3.05) is 5.32 Å². The van der Waals surface area contributed by atoms with Gasteiger partial charge in [-0.15, -0.1) is 11.3 Å². The van der Waals surface area contributed by atoms with E-state index in [4.69, 9.17) is 11.6 Å². The Morgan fingerprint density at radius 3 is 2.28 bits per heavy atom. The number of thiophene rings is 1. The van der Waals surface area contributed by atoms with Crippen molar-refractivity contribution in [1.82, 2.24) is 0 Å². The van der Waals surface area contributed by atoms with Crippen LogP contribution in [0, 0.1) is 5.82 Å². The minimum absolute atomic E-state index is 0.0288. The van der Waals surface area contributed by atoms with Gasteiger partial charge in [-0.1, -0.05) is 23.7 Å². The van der Waals surface area contributed by atoms with Gasteiger partial charge in [-0.3, -0.25) is 4.79 Å². The first-order valence-electron chi connectivity index (χ1n) is 7.13. The molecule has 3 aromatic rings. The van der Waals surface area contributed by atoms with E-state index in [0.717, 1.165) is 11.3 Å². The van der Waals surface area contributed by atoms with Crippen molar-refractivity contribution in [3.05, 3.63) is 75.9 Å². The molecule has 0 saturated carbocycles. The van der Waals surface area contributed by atoms with Crippen LogP contribution in [-0.2, 0) is 0 Å². The quantitative estimate of drug-likeness (QED) is 0.662. The van der Waals surface area contributed by atoms with Crippen molar-refractivity contribution in [3.63, 3.8) is 0 Å². The molecule has 0 fully saturated rings. The highest BCUT2D eigenvalue weighted by molar-refractivity contribution is 7.15. The third-order valence-electron chi connectivity index (χ3n) is 3.49. The number of carbonyl (C=O) groups is 2. The van der Waals surface area contributed by atoms with Crippen LogP contribution in [0.4, 0.5) is 9.39 Å². The van der Waals surface area contributed by atoms with E-state index in [9.17, 15) is 19.1 Å². The molecule has 0 aliphatic rings. The zero-order chi connectivity index (χ0) is 18.0. The second-order valence-corrected chi connectivity index (χ2v) is 6.44. The summed E-state index contributed by atoms with van der Waals surface area (Å²) in [5, 5.41) is 14.5. The number of amides is 1. The van der Waals surface area contributed by atoms with Crippen LogP contribution in [0.15, 0.2) is 53.9 Å². The van der Waals surface area contributed by atoms with Crippen molar-refractivity contribution in [2.24, 2.45) is 0 Å². The smallest absolute Gasteiger partial charge is 0.339 e. The Kier molecular flexibility index (Phi) is 4.83. The Balaban J connectivity index is 1.94. The van der Waals surface area contributed by atoms with Crippen LogP contribution in [0.3, 0.4) is 0 Å². The van der Waals surface area contributed by atoms with E-state index in [1.54, 1.807) is 29.6 Å². The van der Waals surface area contributed by atoms with Gasteiger partial charge < -0.3 is 10.4 Å². The van der Waals surface area contributed by atoms with Crippen LogP contribution in [0.2, 0.25) is 5.02 Å². The van der Waals surface area contributed by atoms with Crippen LogP contribution in [-0.4, -0.2) is 17.0 Å². The normalized spacial score (nSPS) is 10.5. The lowest BCUT2D eigenvalue weighted by Crippen LogP contribution is -2.13. The minimum Gasteiger partial charge on any atom is -0.478 e. The van der Waals surface area contributed by atoms with E-state index in [-0.39, 0.29) is 10.6 Å². The van der Waals surface area contributed by atoms with Crippen LogP contribution in [0.1, 0.15) is 20.7 Å². The number of carboxylic acid groups (broad SMARTS) is 1. The largest absolute Gasteiger partial charge is 0.478 e. The number of rotatable bonds is 4. The molecule has 7 heteroatoms. The van der Waals surface area contributed by atoms with Gasteiger partial charge in [-0.2, -0.15) is 0 Å². The molecule has 3 rings (SSSR count). The first-order chi connectivity index (χ1) is 12.0. The lowest BCUT2D eigenvalue weighted by Gasteiger charge is -2.06. The SMILES string of the molecule is O=C(Nc1scc(-c2ccc(F)cc2)c1C(=O)O)c1ccc(Cl)cc1. The number of carbonyl (C=O) groups excluding carboxylic acids is 1. The van der Waals surface area contributed by atoms with E-state index in [2.05, 4.69) is 5.32 Å². The second-order valence-electron chi connectivity index (χ2n) is 5.13. The van der Waals surface area contributed by atoms with E-state index in [1.807, 2.05) is 0 Å². The molecule has 126 valence electrons. The second kappa shape index (κ2) is 7.04. The molecule has 2 aromatic carbocycles. The van der Waals surface area contributed by atoms with Gasteiger partial charge in [-0.25, -0.2) is 9.18 Å². The zero-order valence-electron chi connectivity index (χ0n) is 12.6. The lowest BCUT2D eigenvalue weighted by atomic mass is 10.0. The van der Waals surface area contributed by atoms with E-state index in [0.29, 0.717) is 21.7 Å². The summed E-state index contributed by atoms with van der Waals surface area (Å²) in [6, 6.07) is 11.7. The van der Waals surface area contributed by atoms with Gasteiger partial charge in [0.25, 0.3) is 5.91 Å². The number of hydrogen-bond acceptors (Lipinski definition) is 3. The highest BCUT2D eigenvalue weighted by Crippen LogP contribution is 2.36. The fourth-order valence-electron chi connectivity index (χ4n) is 2.28. The third-order valence-corrected chi connectivity index (χ3v) is 4.64. The maximum Gasteiger partial charge on any atom is 0.339 e. The van der Waals surface area contributed by atoms with Gasteiger partial charge in [0.1, 0.15) is 16.4 Å². The Morgan fingerprint density at radius 2 is 1.68 bits per heavy atom. The molecular formula is C18H11ClFNO3S. The molecule has 4 nitrogen and oxygen atoms in total. The van der Waals surface area contributed by atoms with Gasteiger partial charge in [0.05, 0.1) is 0 Å². The highest BCUT2D eigenvalue weighted by Gasteiger charge is 2.21. The summed E-state index contributed by atoms with van der Waals surface area (Å²) >= 11 is 6.89. The zero-order valence-corrected chi connectivity index (χ0v) is 14.2. The minimum atomic E-state index is -1.17. The van der Waals surface area contributed by atoms with Crippen LogP contribution < -0.4 is 5.32 Å². The van der Waals surface area contributed by atoms with E-state index < -0.39 is 17.7 Å². The van der Waals surface area contributed by atoms with Gasteiger partial charge in [0.15, 0.2) is 0 Å². The topological polar surface area (TPSA) is 66.4 Å². The molecule has 0 bridgehead atoms. The number of carboxylic acids is 1. The standard InChI is InChI=1S/C18H11ClFNO3S/c19-12-5-1-11(2-6-12)16(22)21-17-15(18(23)24)14(9-25-17)10-3-7-13(20)8-4-10/h1-9H,(H,21,22)(H,23,24). The first kappa shape index (κ1) is 17.1. The van der Waals surface area contributed by atoms with Crippen molar-refractivity contribution in [1.29, 1.82) is 0 Å². The molecule has 25 heavy (non-hydrogen) atoms. The number of anilines is 1. The molecule has 0 saturated heterocycles. The maximum absolute atomic E-state index is 13.1.